The second-order valence-corrected chi connectivity index (χ2v) is 7.40. The van der Waals surface area contributed by atoms with E-state index in [0.29, 0.717) is 18.4 Å². The van der Waals surface area contributed by atoms with Crippen LogP contribution in [-0.2, 0) is 19.1 Å². The monoisotopic (exact) mass is 399 g/mol. The number of methoxy groups -OCH3 is 1. The summed E-state index contributed by atoms with van der Waals surface area (Å²) in [5.74, 6) is -1.28. The number of fused-ring (bicyclic) bond motifs is 2. The van der Waals surface area contributed by atoms with E-state index < -0.39 is 23.6 Å². The first-order chi connectivity index (χ1) is 13.8. The largest absolute Gasteiger partial charge is 0.492 e. The molecule has 1 amide bonds. The first-order valence-electron chi connectivity index (χ1n) is 9.89. The van der Waals surface area contributed by atoms with E-state index in [1.54, 1.807) is 19.1 Å². The van der Waals surface area contributed by atoms with Gasteiger partial charge in [0.15, 0.2) is 5.76 Å². The minimum Gasteiger partial charge on any atom is -0.492 e. The summed E-state index contributed by atoms with van der Waals surface area (Å²) in [4.78, 5) is 37.7. The Balaban J connectivity index is 2.34. The van der Waals surface area contributed by atoms with E-state index in [1.165, 1.54) is 7.11 Å². The van der Waals surface area contributed by atoms with Crippen molar-refractivity contribution in [1.29, 1.82) is 0 Å². The molecular formula is C23H29NO5. The molecule has 1 atom stereocenters. The first-order valence-corrected chi connectivity index (χ1v) is 9.89. The second-order valence-electron chi connectivity index (χ2n) is 7.40. The van der Waals surface area contributed by atoms with Crippen molar-refractivity contribution in [3.8, 4) is 0 Å². The maximum atomic E-state index is 12.9. The Morgan fingerprint density at radius 2 is 1.93 bits per heavy atom. The average molecular weight is 399 g/mol. The standard InChI is InChI=1S/C23H29NO5/c1-15-9-5-4-6-11-17(25)12-8-7-10-16(2)23(28)24-19-14-20(26)22(29-3)18(13-15)21(19)27/h7-10,14,17,25H,4-6,11-13H2,1-3H3,(H,24,28)/b8-7+,15-9+,16-10+. The van der Waals surface area contributed by atoms with Crippen molar-refractivity contribution in [2.45, 2.75) is 58.5 Å². The van der Waals surface area contributed by atoms with E-state index in [1.807, 2.05) is 19.1 Å². The van der Waals surface area contributed by atoms with Gasteiger partial charge in [0.1, 0.15) is 0 Å². The van der Waals surface area contributed by atoms with Crippen LogP contribution in [0.15, 0.2) is 58.6 Å². The maximum absolute atomic E-state index is 12.9. The maximum Gasteiger partial charge on any atom is 0.251 e. The summed E-state index contributed by atoms with van der Waals surface area (Å²) in [7, 11) is 1.36. The molecule has 1 heterocycles. The summed E-state index contributed by atoms with van der Waals surface area (Å²) < 4.78 is 5.18. The summed E-state index contributed by atoms with van der Waals surface area (Å²) in [5.41, 5.74) is 1.54. The van der Waals surface area contributed by atoms with Crippen molar-refractivity contribution in [2.75, 3.05) is 7.11 Å². The van der Waals surface area contributed by atoms with Crippen molar-refractivity contribution in [3.63, 3.8) is 0 Å². The molecule has 0 aromatic heterocycles. The molecule has 0 fully saturated rings. The summed E-state index contributed by atoms with van der Waals surface area (Å²) in [6.07, 6.45) is 12.1. The molecule has 0 spiro atoms. The second kappa shape index (κ2) is 10.7. The fourth-order valence-electron chi connectivity index (χ4n) is 3.24. The lowest BCUT2D eigenvalue weighted by Crippen LogP contribution is -2.33. The molecule has 2 N–H and O–H groups in total. The third kappa shape index (κ3) is 6.39. The van der Waals surface area contributed by atoms with Crippen molar-refractivity contribution in [2.24, 2.45) is 0 Å². The lowest BCUT2D eigenvalue weighted by molar-refractivity contribution is -0.120. The minimum atomic E-state index is -0.462. The molecule has 0 aromatic rings. The van der Waals surface area contributed by atoms with Gasteiger partial charge in [-0.25, -0.2) is 0 Å². The van der Waals surface area contributed by atoms with Gasteiger partial charge in [-0.3, -0.25) is 14.4 Å². The normalized spacial score (nSPS) is 27.5. The quantitative estimate of drug-likeness (QED) is 0.522. The van der Waals surface area contributed by atoms with Crippen LogP contribution in [0.25, 0.3) is 0 Å². The molecule has 0 radical (unpaired) electrons. The van der Waals surface area contributed by atoms with E-state index in [0.717, 1.165) is 30.9 Å². The van der Waals surface area contributed by atoms with Crippen LogP contribution in [0.3, 0.4) is 0 Å². The Labute approximate surface area is 171 Å². The number of ether oxygens (including phenoxy) is 1. The van der Waals surface area contributed by atoms with Gasteiger partial charge in [-0.2, -0.15) is 0 Å². The molecule has 29 heavy (non-hydrogen) atoms. The molecule has 0 saturated carbocycles. The number of carbonyl (C=O) groups is 3. The summed E-state index contributed by atoms with van der Waals surface area (Å²) in [6, 6.07) is 0. The third-order valence-electron chi connectivity index (χ3n) is 4.93. The minimum absolute atomic E-state index is 0.0217. The molecule has 0 saturated heterocycles. The fourth-order valence-corrected chi connectivity index (χ4v) is 3.24. The van der Waals surface area contributed by atoms with Crippen LogP contribution in [0.2, 0.25) is 0 Å². The number of hydrogen-bond donors (Lipinski definition) is 2. The number of allylic oxidation sites excluding steroid dienone is 6. The fraction of sp³-hybridized carbons (Fsp3) is 0.435. The lowest BCUT2D eigenvalue weighted by Gasteiger charge is -2.19. The summed E-state index contributed by atoms with van der Waals surface area (Å²) in [6.45, 7) is 3.52. The van der Waals surface area contributed by atoms with Gasteiger partial charge in [-0.15, -0.1) is 0 Å². The van der Waals surface area contributed by atoms with E-state index in [4.69, 9.17) is 4.74 Å². The zero-order valence-electron chi connectivity index (χ0n) is 17.3. The SMILES string of the molecule is COC1=C2C/C(C)=C/CCCCC(O)C/C=C/C=C(\C)C(=O)NC(=CC1=O)C2=O. The van der Waals surface area contributed by atoms with E-state index >= 15 is 0 Å². The Morgan fingerprint density at radius 3 is 2.66 bits per heavy atom. The summed E-state index contributed by atoms with van der Waals surface area (Å²) in [5, 5.41) is 12.6. The highest BCUT2D eigenvalue weighted by Gasteiger charge is 2.30. The molecule has 6 nitrogen and oxygen atoms in total. The van der Waals surface area contributed by atoms with Crippen LogP contribution in [-0.4, -0.2) is 35.8 Å². The van der Waals surface area contributed by atoms with Crippen LogP contribution in [0.4, 0.5) is 0 Å². The number of aliphatic hydroxyl groups is 1. The smallest absolute Gasteiger partial charge is 0.251 e. The molecule has 1 aliphatic heterocycles. The number of amides is 1. The van der Waals surface area contributed by atoms with Gasteiger partial charge in [-0.05, 0) is 39.5 Å². The number of nitrogens with one attached hydrogen (secondary N) is 1. The number of Topliss-reactive ketones (excluding diaryl/α,β-unsaturated/α-hetero) is 1. The number of carbonyl (C=O) groups excluding carboxylic acids is 3. The van der Waals surface area contributed by atoms with Gasteiger partial charge in [-0.1, -0.05) is 36.3 Å². The molecule has 1 aliphatic carbocycles. The Morgan fingerprint density at radius 1 is 1.17 bits per heavy atom. The molecule has 2 aliphatic rings. The number of aliphatic hydroxyl groups excluding tert-OH is 1. The highest BCUT2D eigenvalue weighted by atomic mass is 16.5. The van der Waals surface area contributed by atoms with Gasteiger partial charge >= 0.3 is 0 Å². The third-order valence-corrected chi connectivity index (χ3v) is 4.93. The molecule has 2 bridgehead atoms. The van der Waals surface area contributed by atoms with Gasteiger partial charge in [0, 0.05) is 18.1 Å². The highest BCUT2D eigenvalue weighted by Crippen LogP contribution is 2.25. The number of ketones is 2. The van der Waals surface area contributed by atoms with Crippen molar-refractivity contribution >= 4 is 17.5 Å². The van der Waals surface area contributed by atoms with Crippen molar-refractivity contribution in [1.82, 2.24) is 5.32 Å². The van der Waals surface area contributed by atoms with Crippen molar-refractivity contribution in [3.05, 3.63) is 58.6 Å². The van der Waals surface area contributed by atoms with E-state index in [-0.39, 0.29) is 23.5 Å². The first kappa shape index (κ1) is 22.6. The van der Waals surface area contributed by atoms with Gasteiger partial charge < -0.3 is 15.2 Å². The highest BCUT2D eigenvalue weighted by molar-refractivity contribution is 6.23. The Kier molecular flexibility index (Phi) is 8.34. The lowest BCUT2D eigenvalue weighted by atomic mass is 9.92. The van der Waals surface area contributed by atoms with Crippen molar-refractivity contribution < 1.29 is 24.2 Å². The zero-order chi connectivity index (χ0) is 21.4. The Hall–Kier alpha value is -2.73. The molecule has 2 rings (SSSR count). The van der Waals surface area contributed by atoms with E-state index in [2.05, 4.69) is 5.32 Å². The molecule has 6 heteroatoms. The number of hydrogen-bond acceptors (Lipinski definition) is 5. The van der Waals surface area contributed by atoms with Crippen LogP contribution in [0.1, 0.15) is 52.4 Å². The summed E-state index contributed by atoms with van der Waals surface area (Å²) >= 11 is 0. The topological polar surface area (TPSA) is 92.7 Å². The van der Waals surface area contributed by atoms with Crippen LogP contribution in [0.5, 0.6) is 0 Å². The average Bonchev–Trinajstić information content (AvgIpc) is 2.67. The predicted molar refractivity (Wildman–Crippen MR) is 111 cm³/mol. The van der Waals surface area contributed by atoms with Crippen LogP contribution in [0, 0.1) is 0 Å². The molecule has 1 unspecified atom stereocenters. The van der Waals surface area contributed by atoms with Crippen LogP contribution < -0.4 is 5.32 Å². The molecule has 156 valence electrons. The number of rotatable bonds is 1. The predicted octanol–water partition coefficient (Wildman–Crippen LogP) is 3.20. The van der Waals surface area contributed by atoms with Gasteiger partial charge in [0.2, 0.25) is 11.6 Å². The van der Waals surface area contributed by atoms with Gasteiger partial charge in [0.25, 0.3) is 5.91 Å². The molecule has 0 aromatic carbocycles. The van der Waals surface area contributed by atoms with Crippen LogP contribution >= 0.6 is 0 Å². The zero-order valence-corrected chi connectivity index (χ0v) is 17.3. The van der Waals surface area contributed by atoms with E-state index in [9.17, 15) is 19.5 Å². The molecular weight excluding hydrogens is 370 g/mol. The van der Waals surface area contributed by atoms with Gasteiger partial charge in [0.05, 0.1) is 24.5 Å². The Bertz CT molecular complexity index is 826.